The molecule has 0 spiro atoms. The highest BCUT2D eigenvalue weighted by Crippen LogP contribution is 2.24. The first-order chi connectivity index (χ1) is 10.2. The number of carbonyl (C=O) groups is 1. The number of rotatable bonds is 6. The third-order valence-electron chi connectivity index (χ3n) is 2.79. The van der Waals surface area contributed by atoms with E-state index in [1.165, 1.54) is 13.2 Å². The van der Waals surface area contributed by atoms with Crippen LogP contribution in [0.3, 0.4) is 0 Å². The number of benzene rings is 1. The van der Waals surface area contributed by atoms with E-state index in [9.17, 15) is 4.79 Å². The van der Waals surface area contributed by atoms with Crippen LogP contribution in [0.15, 0.2) is 30.3 Å². The second-order valence-electron chi connectivity index (χ2n) is 4.16. The molecule has 0 N–H and O–H groups in total. The molecule has 0 bridgehead atoms. The van der Waals surface area contributed by atoms with E-state index in [0.717, 1.165) is 0 Å². The number of ether oxygens (including phenoxy) is 2. The summed E-state index contributed by atoms with van der Waals surface area (Å²) in [5, 5.41) is 0.254. The monoisotopic (exact) mass is 306 g/mol. The SMILES string of the molecule is CCOCC(=O)c1ccccc1-c1nc(Cl)cc(OC)n1. The largest absolute Gasteiger partial charge is 0.481 e. The van der Waals surface area contributed by atoms with Crippen LogP contribution in [0.1, 0.15) is 17.3 Å². The highest BCUT2D eigenvalue weighted by Gasteiger charge is 2.15. The maximum Gasteiger partial charge on any atom is 0.218 e. The molecule has 0 saturated carbocycles. The first kappa shape index (κ1) is 15.4. The van der Waals surface area contributed by atoms with Crippen LogP contribution in [0, 0.1) is 0 Å². The van der Waals surface area contributed by atoms with Crippen molar-refractivity contribution in [1.82, 2.24) is 9.97 Å². The van der Waals surface area contributed by atoms with Gasteiger partial charge in [-0.1, -0.05) is 35.9 Å². The van der Waals surface area contributed by atoms with Gasteiger partial charge in [0.25, 0.3) is 0 Å². The molecule has 0 aliphatic heterocycles. The number of carbonyl (C=O) groups excluding carboxylic acids is 1. The average molecular weight is 307 g/mol. The van der Waals surface area contributed by atoms with Crippen molar-refractivity contribution in [3.05, 3.63) is 41.0 Å². The molecule has 2 rings (SSSR count). The molecule has 0 aliphatic carbocycles. The van der Waals surface area contributed by atoms with Gasteiger partial charge >= 0.3 is 0 Å². The summed E-state index contributed by atoms with van der Waals surface area (Å²) >= 11 is 5.95. The van der Waals surface area contributed by atoms with E-state index in [1.807, 2.05) is 13.0 Å². The van der Waals surface area contributed by atoms with Crippen molar-refractivity contribution in [2.45, 2.75) is 6.92 Å². The summed E-state index contributed by atoms with van der Waals surface area (Å²) in [4.78, 5) is 20.6. The van der Waals surface area contributed by atoms with Crippen LogP contribution in [0.2, 0.25) is 5.15 Å². The van der Waals surface area contributed by atoms with E-state index in [0.29, 0.717) is 29.4 Å². The predicted octanol–water partition coefficient (Wildman–Crippen LogP) is 3.02. The normalized spacial score (nSPS) is 10.4. The first-order valence-electron chi connectivity index (χ1n) is 6.44. The number of ketones is 1. The molecule has 0 atom stereocenters. The van der Waals surface area contributed by atoms with Crippen LogP contribution < -0.4 is 4.74 Å². The van der Waals surface area contributed by atoms with Gasteiger partial charge in [0.15, 0.2) is 11.6 Å². The van der Waals surface area contributed by atoms with Gasteiger partial charge in [0.1, 0.15) is 11.8 Å². The smallest absolute Gasteiger partial charge is 0.218 e. The second-order valence-corrected chi connectivity index (χ2v) is 4.55. The molecule has 0 saturated heterocycles. The van der Waals surface area contributed by atoms with Gasteiger partial charge in [-0.05, 0) is 6.92 Å². The van der Waals surface area contributed by atoms with Crippen LogP contribution in [0.5, 0.6) is 5.88 Å². The number of aromatic nitrogens is 2. The lowest BCUT2D eigenvalue weighted by atomic mass is 10.0. The van der Waals surface area contributed by atoms with Gasteiger partial charge in [-0.25, -0.2) is 4.98 Å². The van der Waals surface area contributed by atoms with Crippen molar-refractivity contribution < 1.29 is 14.3 Å². The van der Waals surface area contributed by atoms with Crippen LogP contribution in [-0.2, 0) is 4.74 Å². The van der Waals surface area contributed by atoms with Gasteiger partial charge in [-0.3, -0.25) is 4.79 Å². The zero-order valence-corrected chi connectivity index (χ0v) is 12.6. The van der Waals surface area contributed by atoms with Gasteiger partial charge in [0.05, 0.1) is 7.11 Å². The molecule has 0 unspecified atom stereocenters. The Hall–Kier alpha value is -1.98. The van der Waals surface area contributed by atoms with Gasteiger partial charge in [0, 0.05) is 23.8 Å². The topological polar surface area (TPSA) is 61.3 Å². The summed E-state index contributed by atoms with van der Waals surface area (Å²) in [6.45, 7) is 2.34. The van der Waals surface area contributed by atoms with Crippen LogP contribution in [-0.4, -0.2) is 36.1 Å². The molecule has 1 aromatic carbocycles. The Labute approximate surface area is 127 Å². The summed E-state index contributed by atoms with van der Waals surface area (Å²) in [5.74, 6) is 0.562. The van der Waals surface area contributed by atoms with Crippen molar-refractivity contribution in [1.29, 1.82) is 0 Å². The molecule has 1 aromatic heterocycles. The molecule has 21 heavy (non-hydrogen) atoms. The van der Waals surface area contributed by atoms with E-state index < -0.39 is 0 Å². The lowest BCUT2D eigenvalue weighted by molar-refractivity contribution is 0.0784. The number of nitrogens with zero attached hydrogens (tertiary/aromatic N) is 2. The molecular formula is C15H15ClN2O3. The molecule has 1 heterocycles. The summed E-state index contributed by atoms with van der Waals surface area (Å²) in [7, 11) is 1.49. The quantitative estimate of drug-likeness (QED) is 0.606. The van der Waals surface area contributed by atoms with E-state index in [-0.39, 0.29) is 17.5 Å². The number of Topliss-reactive ketones (excluding diaryl/α,β-unsaturated/α-hetero) is 1. The molecule has 0 radical (unpaired) electrons. The standard InChI is InChI=1S/C15H15ClN2O3/c1-3-21-9-12(19)10-6-4-5-7-11(10)15-17-13(16)8-14(18-15)20-2/h4-8H,3,9H2,1-2H3. The van der Waals surface area contributed by atoms with E-state index >= 15 is 0 Å². The summed E-state index contributed by atoms with van der Waals surface area (Å²) in [6.07, 6.45) is 0. The fourth-order valence-corrected chi connectivity index (χ4v) is 1.99. The Bertz CT molecular complexity index is 647. The molecule has 0 fully saturated rings. The minimum absolute atomic E-state index is 0.0191. The summed E-state index contributed by atoms with van der Waals surface area (Å²) in [6, 6.07) is 8.58. The molecule has 0 aliphatic rings. The van der Waals surface area contributed by atoms with Gasteiger partial charge < -0.3 is 9.47 Å². The third kappa shape index (κ3) is 3.77. The maximum absolute atomic E-state index is 12.2. The number of hydrogen-bond acceptors (Lipinski definition) is 5. The van der Waals surface area contributed by atoms with Crippen molar-refractivity contribution in [2.75, 3.05) is 20.3 Å². The highest BCUT2D eigenvalue weighted by molar-refractivity contribution is 6.29. The number of methoxy groups -OCH3 is 1. The molecular weight excluding hydrogens is 292 g/mol. The minimum Gasteiger partial charge on any atom is -0.481 e. The predicted molar refractivity (Wildman–Crippen MR) is 79.9 cm³/mol. The van der Waals surface area contributed by atoms with Crippen molar-refractivity contribution in [2.24, 2.45) is 0 Å². The molecule has 0 amide bonds. The second kappa shape index (κ2) is 7.15. The Morgan fingerprint density at radius 1 is 1.29 bits per heavy atom. The minimum atomic E-state index is -0.130. The van der Waals surface area contributed by atoms with Crippen LogP contribution >= 0.6 is 11.6 Å². The summed E-state index contributed by atoms with van der Waals surface area (Å²) < 4.78 is 10.2. The van der Waals surface area contributed by atoms with Crippen molar-refractivity contribution >= 4 is 17.4 Å². The summed E-state index contributed by atoms with van der Waals surface area (Å²) in [5.41, 5.74) is 1.10. The Balaban J connectivity index is 2.44. The van der Waals surface area contributed by atoms with Gasteiger partial charge in [-0.2, -0.15) is 4.98 Å². The Kier molecular flexibility index (Phi) is 5.25. The maximum atomic E-state index is 12.2. The molecule has 6 heteroatoms. The van der Waals surface area contributed by atoms with Crippen molar-refractivity contribution in [3.63, 3.8) is 0 Å². The first-order valence-corrected chi connectivity index (χ1v) is 6.82. The number of hydrogen-bond donors (Lipinski definition) is 0. The molecule has 110 valence electrons. The average Bonchev–Trinajstić information content (AvgIpc) is 2.51. The number of halogens is 1. The molecule has 5 nitrogen and oxygen atoms in total. The van der Waals surface area contributed by atoms with Crippen LogP contribution in [0.25, 0.3) is 11.4 Å². The Morgan fingerprint density at radius 2 is 2.05 bits per heavy atom. The van der Waals surface area contributed by atoms with Crippen molar-refractivity contribution in [3.8, 4) is 17.3 Å². The Morgan fingerprint density at radius 3 is 2.76 bits per heavy atom. The van der Waals surface area contributed by atoms with E-state index in [1.54, 1.807) is 18.2 Å². The third-order valence-corrected chi connectivity index (χ3v) is 2.98. The zero-order chi connectivity index (χ0) is 15.2. The zero-order valence-electron chi connectivity index (χ0n) is 11.8. The van der Waals surface area contributed by atoms with Crippen LogP contribution in [0.4, 0.5) is 0 Å². The fourth-order valence-electron chi connectivity index (χ4n) is 1.82. The lowest BCUT2D eigenvalue weighted by Crippen LogP contribution is -2.11. The van der Waals surface area contributed by atoms with E-state index in [2.05, 4.69) is 9.97 Å². The van der Waals surface area contributed by atoms with Gasteiger partial charge in [0.2, 0.25) is 5.88 Å². The fraction of sp³-hybridized carbons (Fsp3) is 0.267. The highest BCUT2D eigenvalue weighted by atomic mass is 35.5. The molecule has 2 aromatic rings. The van der Waals surface area contributed by atoms with E-state index in [4.69, 9.17) is 21.1 Å². The van der Waals surface area contributed by atoms with Gasteiger partial charge in [-0.15, -0.1) is 0 Å². The lowest BCUT2D eigenvalue weighted by Gasteiger charge is -2.09.